The third-order valence-electron chi connectivity index (χ3n) is 3.84. The van der Waals surface area contributed by atoms with Crippen molar-refractivity contribution in [3.05, 3.63) is 35.8 Å². The lowest BCUT2D eigenvalue weighted by molar-refractivity contribution is 0.583. The molecule has 0 fully saturated rings. The van der Waals surface area contributed by atoms with Crippen LogP contribution in [0.2, 0.25) is 0 Å². The van der Waals surface area contributed by atoms with E-state index in [9.17, 15) is 12.8 Å². The zero-order valence-corrected chi connectivity index (χ0v) is 15.9. The smallest absolute Gasteiger partial charge is 0.211 e. The largest absolute Gasteiger partial charge is 0.361 e. The summed E-state index contributed by atoms with van der Waals surface area (Å²) in [5.74, 6) is 0.433. The van der Waals surface area contributed by atoms with Gasteiger partial charge in [-0.3, -0.25) is 4.99 Å². The second kappa shape index (κ2) is 9.54. The maximum Gasteiger partial charge on any atom is 0.211 e. The molecule has 26 heavy (non-hydrogen) atoms. The van der Waals surface area contributed by atoms with E-state index in [0.717, 1.165) is 22.9 Å². The number of aliphatic imine (C=N–C) groups is 1. The molecular formula is C17H26FN5O2S. The Morgan fingerprint density at radius 2 is 2.04 bits per heavy atom. The number of aromatic amines is 1. The molecule has 1 heterocycles. The van der Waals surface area contributed by atoms with Crippen molar-refractivity contribution in [3.63, 3.8) is 0 Å². The van der Waals surface area contributed by atoms with Crippen molar-refractivity contribution in [2.45, 2.75) is 20.3 Å². The number of fused-ring (bicyclic) bond motifs is 1. The van der Waals surface area contributed by atoms with Gasteiger partial charge in [0, 0.05) is 36.7 Å². The van der Waals surface area contributed by atoms with E-state index in [1.807, 2.05) is 13.1 Å². The van der Waals surface area contributed by atoms with Crippen LogP contribution in [0.25, 0.3) is 10.9 Å². The molecular weight excluding hydrogens is 357 g/mol. The van der Waals surface area contributed by atoms with E-state index in [-0.39, 0.29) is 18.1 Å². The van der Waals surface area contributed by atoms with Crippen LogP contribution in [0.3, 0.4) is 0 Å². The normalized spacial score (nSPS) is 12.5. The second-order valence-corrected chi connectivity index (χ2v) is 7.83. The average molecular weight is 383 g/mol. The molecule has 9 heteroatoms. The lowest BCUT2D eigenvalue weighted by Gasteiger charge is -2.11. The molecule has 4 N–H and O–H groups in total. The molecule has 1 aromatic carbocycles. The second-order valence-electron chi connectivity index (χ2n) is 5.74. The van der Waals surface area contributed by atoms with Crippen LogP contribution in [0.4, 0.5) is 4.39 Å². The van der Waals surface area contributed by atoms with Gasteiger partial charge in [-0.25, -0.2) is 17.5 Å². The summed E-state index contributed by atoms with van der Waals surface area (Å²) in [4.78, 5) is 7.43. The standard InChI is InChI=1S/C17H26FN5O2S/c1-3-19-17(21-9-10-23-26(24,25)4-2)20-8-7-13-12-22-16-11-14(18)5-6-15(13)16/h5-6,11-12,22-23H,3-4,7-10H2,1-2H3,(H2,19,20,21). The van der Waals surface area contributed by atoms with E-state index in [1.165, 1.54) is 12.1 Å². The summed E-state index contributed by atoms with van der Waals surface area (Å²) in [6.07, 6.45) is 2.63. The van der Waals surface area contributed by atoms with Crippen molar-refractivity contribution in [2.24, 2.45) is 4.99 Å². The van der Waals surface area contributed by atoms with Crippen LogP contribution in [-0.2, 0) is 16.4 Å². The van der Waals surface area contributed by atoms with Gasteiger partial charge in [-0.15, -0.1) is 0 Å². The van der Waals surface area contributed by atoms with Crippen molar-refractivity contribution in [1.82, 2.24) is 20.3 Å². The number of rotatable bonds is 9. The maximum atomic E-state index is 13.2. The highest BCUT2D eigenvalue weighted by molar-refractivity contribution is 7.89. The number of benzene rings is 1. The Hall–Kier alpha value is -2.13. The molecule has 0 radical (unpaired) electrons. The van der Waals surface area contributed by atoms with E-state index in [1.54, 1.807) is 13.0 Å². The van der Waals surface area contributed by atoms with Crippen molar-refractivity contribution >= 4 is 26.9 Å². The van der Waals surface area contributed by atoms with Crippen LogP contribution >= 0.6 is 0 Å². The number of hydrogen-bond acceptors (Lipinski definition) is 3. The summed E-state index contributed by atoms with van der Waals surface area (Å²) >= 11 is 0. The molecule has 2 rings (SSSR count). The molecule has 144 valence electrons. The Morgan fingerprint density at radius 1 is 1.23 bits per heavy atom. The fourth-order valence-electron chi connectivity index (χ4n) is 2.49. The number of hydrogen-bond donors (Lipinski definition) is 4. The highest BCUT2D eigenvalue weighted by atomic mass is 32.2. The van der Waals surface area contributed by atoms with Crippen LogP contribution in [0, 0.1) is 5.82 Å². The Bertz CT molecular complexity index is 848. The minimum atomic E-state index is -3.19. The van der Waals surface area contributed by atoms with Gasteiger partial charge >= 0.3 is 0 Å². The molecule has 0 aliphatic rings. The fourth-order valence-corrected chi connectivity index (χ4v) is 3.10. The highest BCUT2D eigenvalue weighted by Crippen LogP contribution is 2.19. The first-order valence-corrected chi connectivity index (χ1v) is 10.4. The van der Waals surface area contributed by atoms with E-state index in [0.29, 0.717) is 25.6 Å². The third kappa shape index (κ3) is 5.99. The molecule has 0 unspecified atom stereocenters. The van der Waals surface area contributed by atoms with Gasteiger partial charge in [-0.2, -0.15) is 0 Å². The number of nitrogens with one attached hydrogen (secondary N) is 4. The zero-order chi connectivity index (χ0) is 19.0. The summed E-state index contributed by atoms with van der Waals surface area (Å²) in [5.41, 5.74) is 1.88. The van der Waals surface area contributed by atoms with E-state index in [4.69, 9.17) is 0 Å². The Kier molecular flexibility index (Phi) is 7.40. The van der Waals surface area contributed by atoms with Crippen molar-refractivity contribution in [1.29, 1.82) is 0 Å². The molecule has 2 aromatic rings. The fraction of sp³-hybridized carbons (Fsp3) is 0.471. The third-order valence-corrected chi connectivity index (χ3v) is 5.25. The van der Waals surface area contributed by atoms with Crippen molar-refractivity contribution in [3.8, 4) is 0 Å². The van der Waals surface area contributed by atoms with Gasteiger partial charge in [-0.05, 0) is 44.0 Å². The lowest BCUT2D eigenvalue weighted by atomic mass is 10.1. The van der Waals surface area contributed by atoms with Crippen molar-refractivity contribution < 1.29 is 12.8 Å². The number of aromatic nitrogens is 1. The molecule has 0 amide bonds. The summed E-state index contributed by atoms with van der Waals surface area (Å²) < 4.78 is 38.5. The molecule has 0 aliphatic heterocycles. The molecule has 0 spiro atoms. The molecule has 0 atom stereocenters. The first-order valence-electron chi connectivity index (χ1n) is 8.70. The average Bonchev–Trinajstić information content (AvgIpc) is 3.00. The maximum absolute atomic E-state index is 13.2. The van der Waals surface area contributed by atoms with Crippen LogP contribution in [-0.4, -0.2) is 51.3 Å². The summed E-state index contributed by atoms with van der Waals surface area (Å²) in [5, 5.41) is 7.35. The van der Waals surface area contributed by atoms with Crippen LogP contribution in [0.15, 0.2) is 29.4 Å². The highest BCUT2D eigenvalue weighted by Gasteiger charge is 2.06. The molecule has 0 aliphatic carbocycles. The van der Waals surface area contributed by atoms with Gasteiger partial charge in [0.15, 0.2) is 5.96 Å². The molecule has 0 saturated carbocycles. The first kappa shape index (κ1) is 20.2. The Labute approximate surface area is 153 Å². The van der Waals surface area contributed by atoms with E-state index in [2.05, 4.69) is 25.3 Å². The SMILES string of the molecule is CCNC(=NCCNS(=O)(=O)CC)NCCc1c[nH]c2cc(F)ccc12. The Balaban J connectivity index is 1.86. The molecule has 0 saturated heterocycles. The number of guanidine groups is 1. The quantitative estimate of drug-likeness (QED) is 0.298. The first-order chi connectivity index (χ1) is 12.4. The van der Waals surface area contributed by atoms with E-state index < -0.39 is 10.0 Å². The molecule has 0 bridgehead atoms. The minimum absolute atomic E-state index is 0.0591. The summed E-state index contributed by atoms with van der Waals surface area (Å²) in [6.45, 7) is 5.53. The van der Waals surface area contributed by atoms with Crippen LogP contribution < -0.4 is 15.4 Å². The van der Waals surface area contributed by atoms with Crippen LogP contribution in [0.1, 0.15) is 19.4 Å². The number of nitrogens with zero attached hydrogens (tertiary/aromatic N) is 1. The number of sulfonamides is 1. The van der Waals surface area contributed by atoms with Gasteiger partial charge in [0.25, 0.3) is 0 Å². The predicted molar refractivity (Wildman–Crippen MR) is 103 cm³/mol. The van der Waals surface area contributed by atoms with Crippen molar-refractivity contribution in [2.75, 3.05) is 31.9 Å². The summed E-state index contributed by atoms with van der Waals surface area (Å²) in [7, 11) is -3.19. The van der Waals surface area contributed by atoms with Gasteiger partial charge in [0.1, 0.15) is 5.82 Å². The summed E-state index contributed by atoms with van der Waals surface area (Å²) in [6, 6.07) is 4.71. The zero-order valence-electron chi connectivity index (χ0n) is 15.1. The number of H-pyrrole nitrogens is 1. The Morgan fingerprint density at radius 3 is 2.77 bits per heavy atom. The predicted octanol–water partition coefficient (Wildman–Crippen LogP) is 1.34. The van der Waals surface area contributed by atoms with Gasteiger partial charge in [-0.1, -0.05) is 0 Å². The topological polar surface area (TPSA) is 98.4 Å². The monoisotopic (exact) mass is 383 g/mol. The molecule has 1 aromatic heterocycles. The van der Waals surface area contributed by atoms with E-state index >= 15 is 0 Å². The number of halogens is 1. The van der Waals surface area contributed by atoms with Gasteiger partial charge in [0.05, 0.1) is 12.3 Å². The lowest BCUT2D eigenvalue weighted by Crippen LogP contribution is -2.39. The van der Waals surface area contributed by atoms with Crippen LogP contribution in [0.5, 0.6) is 0 Å². The van der Waals surface area contributed by atoms with Gasteiger partial charge < -0.3 is 15.6 Å². The minimum Gasteiger partial charge on any atom is -0.361 e. The van der Waals surface area contributed by atoms with Gasteiger partial charge in [0.2, 0.25) is 10.0 Å². The molecule has 7 nitrogen and oxygen atoms in total.